The molecule has 0 radical (unpaired) electrons. The minimum atomic E-state index is -0.126. The molecule has 3 nitrogen and oxygen atoms in total. The van der Waals surface area contributed by atoms with E-state index in [2.05, 4.69) is 10.2 Å². The first kappa shape index (κ1) is 15.1. The van der Waals surface area contributed by atoms with Crippen LogP contribution in [0.25, 0.3) is 0 Å². The molecule has 0 amide bonds. The summed E-state index contributed by atoms with van der Waals surface area (Å²) in [5.41, 5.74) is 1.71. The zero-order valence-corrected chi connectivity index (χ0v) is 11.5. The molecular weight excluding hydrogens is 231 g/mol. The maximum Gasteiger partial charge on any atom is 0.126 e. The van der Waals surface area contributed by atoms with Crippen LogP contribution in [0.15, 0.2) is 18.2 Å². The maximum absolute atomic E-state index is 13.4. The van der Waals surface area contributed by atoms with E-state index in [0.29, 0.717) is 5.56 Å². The fraction of sp³-hybridized carbons (Fsp3) is 0.571. The van der Waals surface area contributed by atoms with E-state index in [0.717, 1.165) is 38.3 Å². The quantitative estimate of drug-likeness (QED) is 0.716. The molecule has 0 heterocycles. The van der Waals surface area contributed by atoms with Gasteiger partial charge in [0.25, 0.3) is 0 Å². The summed E-state index contributed by atoms with van der Waals surface area (Å²) >= 11 is 0. The Balaban J connectivity index is 2.26. The van der Waals surface area contributed by atoms with Crippen molar-refractivity contribution in [2.75, 3.05) is 40.4 Å². The molecule has 0 aromatic heterocycles. The first-order valence-electron chi connectivity index (χ1n) is 6.26. The molecule has 0 bridgehead atoms. The van der Waals surface area contributed by atoms with Gasteiger partial charge in [0.2, 0.25) is 0 Å². The summed E-state index contributed by atoms with van der Waals surface area (Å²) in [6, 6.07) is 5.42. The highest BCUT2D eigenvalue weighted by Crippen LogP contribution is 2.10. The molecule has 18 heavy (non-hydrogen) atoms. The third kappa shape index (κ3) is 5.58. The van der Waals surface area contributed by atoms with Crippen molar-refractivity contribution in [3.63, 3.8) is 0 Å². The van der Waals surface area contributed by atoms with E-state index in [-0.39, 0.29) is 5.82 Å². The van der Waals surface area contributed by atoms with Gasteiger partial charge in [0.05, 0.1) is 6.61 Å². The van der Waals surface area contributed by atoms with Crippen molar-refractivity contribution in [3.8, 4) is 0 Å². The van der Waals surface area contributed by atoms with Gasteiger partial charge in [-0.2, -0.15) is 0 Å². The Bertz CT molecular complexity index is 358. The Morgan fingerprint density at radius 2 is 2.11 bits per heavy atom. The van der Waals surface area contributed by atoms with Crippen LogP contribution in [0.5, 0.6) is 0 Å². The van der Waals surface area contributed by atoms with Crippen LogP contribution in [0.3, 0.4) is 0 Å². The minimum absolute atomic E-state index is 0.126. The summed E-state index contributed by atoms with van der Waals surface area (Å²) in [5, 5.41) is 3.28. The standard InChI is InChI=1S/C14H23FN2O/c1-12-4-5-13(10-14(12)15)11-17(2)8-6-16-7-9-18-3/h4-5,10,16H,6-9,11H2,1-3H3. The van der Waals surface area contributed by atoms with Gasteiger partial charge in [0, 0.05) is 33.3 Å². The zero-order chi connectivity index (χ0) is 13.4. The Kier molecular flexibility index (Phi) is 6.86. The van der Waals surface area contributed by atoms with Crippen molar-refractivity contribution in [3.05, 3.63) is 35.1 Å². The van der Waals surface area contributed by atoms with Crippen molar-refractivity contribution in [1.29, 1.82) is 0 Å². The van der Waals surface area contributed by atoms with Crippen LogP contribution in [-0.4, -0.2) is 45.3 Å². The van der Waals surface area contributed by atoms with Gasteiger partial charge in [-0.15, -0.1) is 0 Å². The molecule has 0 saturated heterocycles. The van der Waals surface area contributed by atoms with Crippen molar-refractivity contribution in [1.82, 2.24) is 10.2 Å². The number of rotatable bonds is 8. The average molecular weight is 254 g/mol. The molecule has 1 rings (SSSR count). The number of hydrogen-bond donors (Lipinski definition) is 1. The van der Waals surface area contributed by atoms with Crippen LogP contribution in [0, 0.1) is 12.7 Å². The Morgan fingerprint density at radius 1 is 1.33 bits per heavy atom. The van der Waals surface area contributed by atoms with Gasteiger partial charge in [-0.25, -0.2) is 4.39 Å². The number of likely N-dealkylation sites (N-methyl/N-ethyl adjacent to an activating group) is 1. The number of halogens is 1. The van der Waals surface area contributed by atoms with E-state index in [1.54, 1.807) is 20.1 Å². The van der Waals surface area contributed by atoms with E-state index in [4.69, 9.17) is 4.74 Å². The Morgan fingerprint density at radius 3 is 2.78 bits per heavy atom. The highest BCUT2D eigenvalue weighted by atomic mass is 19.1. The maximum atomic E-state index is 13.4. The predicted molar refractivity (Wildman–Crippen MR) is 72.2 cm³/mol. The number of ether oxygens (including phenoxy) is 1. The Labute approximate surface area is 109 Å². The molecule has 102 valence electrons. The minimum Gasteiger partial charge on any atom is -0.383 e. The lowest BCUT2D eigenvalue weighted by atomic mass is 10.1. The van der Waals surface area contributed by atoms with Gasteiger partial charge in [0.1, 0.15) is 5.82 Å². The van der Waals surface area contributed by atoms with Gasteiger partial charge in [-0.1, -0.05) is 12.1 Å². The second-order valence-corrected chi connectivity index (χ2v) is 4.56. The molecule has 4 heteroatoms. The van der Waals surface area contributed by atoms with E-state index in [9.17, 15) is 4.39 Å². The number of aryl methyl sites for hydroxylation is 1. The molecule has 1 aromatic carbocycles. The lowest BCUT2D eigenvalue weighted by molar-refractivity contribution is 0.197. The second-order valence-electron chi connectivity index (χ2n) is 4.56. The van der Waals surface area contributed by atoms with Gasteiger partial charge >= 0.3 is 0 Å². The topological polar surface area (TPSA) is 24.5 Å². The molecule has 1 N–H and O–H groups in total. The molecular formula is C14H23FN2O. The molecule has 1 aromatic rings. The van der Waals surface area contributed by atoms with Crippen LogP contribution in [0.4, 0.5) is 4.39 Å². The van der Waals surface area contributed by atoms with E-state index in [1.807, 2.05) is 19.2 Å². The highest BCUT2D eigenvalue weighted by Gasteiger charge is 2.03. The molecule has 0 fully saturated rings. The van der Waals surface area contributed by atoms with E-state index in [1.165, 1.54) is 0 Å². The number of methoxy groups -OCH3 is 1. The third-order valence-corrected chi connectivity index (χ3v) is 2.84. The summed E-state index contributed by atoms with van der Waals surface area (Å²) < 4.78 is 18.3. The molecule has 0 aliphatic rings. The van der Waals surface area contributed by atoms with Gasteiger partial charge < -0.3 is 15.0 Å². The van der Waals surface area contributed by atoms with Crippen LogP contribution in [0.1, 0.15) is 11.1 Å². The monoisotopic (exact) mass is 254 g/mol. The summed E-state index contributed by atoms with van der Waals surface area (Å²) in [7, 11) is 3.73. The van der Waals surface area contributed by atoms with E-state index >= 15 is 0 Å². The molecule has 0 atom stereocenters. The smallest absolute Gasteiger partial charge is 0.126 e. The first-order chi connectivity index (χ1) is 8.63. The fourth-order valence-corrected chi connectivity index (χ4v) is 1.69. The third-order valence-electron chi connectivity index (χ3n) is 2.84. The summed E-state index contributed by atoms with van der Waals surface area (Å²) in [6.07, 6.45) is 0. The summed E-state index contributed by atoms with van der Waals surface area (Å²) in [4.78, 5) is 2.17. The molecule has 0 unspecified atom stereocenters. The van der Waals surface area contributed by atoms with Crippen LogP contribution in [0.2, 0.25) is 0 Å². The van der Waals surface area contributed by atoms with Crippen molar-refractivity contribution >= 4 is 0 Å². The lowest BCUT2D eigenvalue weighted by Crippen LogP contribution is -2.30. The average Bonchev–Trinajstić information content (AvgIpc) is 2.34. The Hall–Kier alpha value is -0.970. The van der Waals surface area contributed by atoms with E-state index < -0.39 is 0 Å². The molecule has 0 aliphatic carbocycles. The van der Waals surface area contributed by atoms with Crippen LogP contribution in [-0.2, 0) is 11.3 Å². The largest absolute Gasteiger partial charge is 0.383 e. The van der Waals surface area contributed by atoms with Crippen molar-refractivity contribution in [2.45, 2.75) is 13.5 Å². The van der Waals surface area contributed by atoms with Crippen molar-refractivity contribution < 1.29 is 9.13 Å². The molecule has 0 spiro atoms. The number of hydrogen-bond acceptors (Lipinski definition) is 3. The van der Waals surface area contributed by atoms with Crippen LogP contribution < -0.4 is 5.32 Å². The lowest BCUT2D eigenvalue weighted by Gasteiger charge is -2.17. The predicted octanol–water partition coefficient (Wildman–Crippen LogP) is 1.80. The summed E-state index contributed by atoms with van der Waals surface area (Å²) in [6.45, 7) is 5.98. The highest BCUT2D eigenvalue weighted by molar-refractivity contribution is 5.23. The van der Waals surface area contributed by atoms with Crippen LogP contribution >= 0.6 is 0 Å². The van der Waals surface area contributed by atoms with Crippen molar-refractivity contribution in [2.24, 2.45) is 0 Å². The molecule has 0 aliphatic heterocycles. The second kappa shape index (κ2) is 8.19. The SMILES string of the molecule is COCCNCCN(C)Cc1ccc(C)c(F)c1. The van der Waals surface area contributed by atoms with Gasteiger partial charge in [-0.05, 0) is 31.2 Å². The zero-order valence-electron chi connectivity index (χ0n) is 11.5. The molecule has 0 saturated carbocycles. The first-order valence-corrected chi connectivity index (χ1v) is 6.26. The number of benzene rings is 1. The normalized spacial score (nSPS) is 11.2. The fourth-order valence-electron chi connectivity index (χ4n) is 1.69. The number of nitrogens with one attached hydrogen (secondary N) is 1. The van der Waals surface area contributed by atoms with Gasteiger partial charge in [0.15, 0.2) is 0 Å². The van der Waals surface area contributed by atoms with Gasteiger partial charge in [-0.3, -0.25) is 0 Å². The number of nitrogens with zero attached hydrogens (tertiary/aromatic N) is 1. The summed E-state index contributed by atoms with van der Waals surface area (Å²) in [5.74, 6) is -0.126.